The third-order valence-electron chi connectivity index (χ3n) is 4.49. The number of aryl methyl sites for hydroxylation is 1. The molecule has 3 rings (SSSR count). The first-order valence-corrected chi connectivity index (χ1v) is 8.58. The van der Waals surface area contributed by atoms with Crippen molar-refractivity contribution >= 4 is 5.91 Å². The van der Waals surface area contributed by atoms with Gasteiger partial charge in [-0.25, -0.2) is 0 Å². The molecule has 132 valence electrons. The lowest BCUT2D eigenvalue weighted by molar-refractivity contribution is -0.121. The maximum Gasteiger partial charge on any atom is 0.224 e. The molecule has 2 aromatic rings. The van der Waals surface area contributed by atoms with Crippen LogP contribution in [0.2, 0.25) is 0 Å². The molecule has 0 saturated carbocycles. The molecule has 1 atom stereocenters. The van der Waals surface area contributed by atoms with Gasteiger partial charge in [-0.3, -0.25) is 4.79 Å². The fourth-order valence-corrected chi connectivity index (χ4v) is 3.26. The van der Waals surface area contributed by atoms with Gasteiger partial charge in [-0.05, 0) is 50.1 Å². The van der Waals surface area contributed by atoms with E-state index in [9.17, 15) is 4.79 Å². The standard InChI is InChI=1S/C21H25NO3/c1-14-5-10-17-18(13-21(2,3)25-19(17)11-14)22-20(23)12-15-6-8-16(24-4)9-7-15/h5-11,18H,12-13H2,1-4H3,(H,22,23)/t18-/m0/s1. The van der Waals surface area contributed by atoms with Crippen LogP contribution in [0.25, 0.3) is 0 Å². The zero-order valence-electron chi connectivity index (χ0n) is 15.3. The molecule has 0 unspecified atom stereocenters. The second-order valence-electron chi connectivity index (χ2n) is 7.25. The van der Waals surface area contributed by atoms with E-state index in [0.717, 1.165) is 34.6 Å². The number of nitrogens with one attached hydrogen (secondary N) is 1. The van der Waals surface area contributed by atoms with Gasteiger partial charge in [0.1, 0.15) is 17.1 Å². The summed E-state index contributed by atoms with van der Waals surface area (Å²) in [5.41, 5.74) is 2.86. The van der Waals surface area contributed by atoms with E-state index in [1.165, 1.54) is 0 Å². The first kappa shape index (κ1) is 17.3. The molecule has 1 heterocycles. The number of ether oxygens (including phenoxy) is 2. The summed E-state index contributed by atoms with van der Waals surface area (Å²) in [5.74, 6) is 1.67. The van der Waals surface area contributed by atoms with Crippen LogP contribution in [0.15, 0.2) is 42.5 Å². The van der Waals surface area contributed by atoms with Crippen LogP contribution in [-0.2, 0) is 11.2 Å². The minimum absolute atomic E-state index is 0.0133. The van der Waals surface area contributed by atoms with Crippen molar-refractivity contribution in [1.29, 1.82) is 0 Å². The molecule has 0 spiro atoms. The van der Waals surface area contributed by atoms with Gasteiger partial charge in [0.05, 0.1) is 19.6 Å². The summed E-state index contributed by atoms with van der Waals surface area (Å²) in [5, 5.41) is 3.18. The van der Waals surface area contributed by atoms with Gasteiger partial charge >= 0.3 is 0 Å². The lowest BCUT2D eigenvalue weighted by Gasteiger charge is -2.38. The fourth-order valence-electron chi connectivity index (χ4n) is 3.26. The van der Waals surface area contributed by atoms with Gasteiger partial charge < -0.3 is 14.8 Å². The maximum absolute atomic E-state index is 12.5. The number of benzene rings is 2. The molecule has 1 amide bonds. The first-order chi connectivity index (χ1) is 11.9. The van der Waals surface area contributed by atoms with E-state index in [0.29, 0.717) is 6.42 Å². The zero-order chi connectivity index (χ0) is 18.0. The van der Waals surface area contributed by atoms with Crippen LogP contribution in [0.1, 0.15) is 43.0 Å². The summed E-state index contributed by atoms with van der Waals surface area (Å²) in [6.07, 6.45) is 1.10. The van der Waals surface area contributed by atoms with Gasteiger partial charge in [-0.1, -0.05) is 24.3 Å². The van der Waals surface area contributed by atoms with E-state index in [2.05, 4.69) is 31.3 Å². The SMILES string of the molecule is COc1ccc(CC(=O)N[C@H]2CC(C)(C)Oc3cc(C)ccc32)cc1. The number of carbonyl (C=O) groups is 1. The molecular weight excluding hydrogens is 314 g/mol. The van der Waals surface area contributed by atoms with Gasteiger partial charge in [0.15, 0.2) is 0 Å². The highest BCUT2D eigenvalue weighted by molar-refractivity contribution is 5.79. The van der Waals surface area contributed by atoms with Crippen molar-refractivity contribution in [3.8, 4) is 11.5 Å². The number of fused-ring (bicyclic) bond motifs is 1. The lowest BCUT2D eigenvalue weighted by Crippen LogP contribution is -2.41. The molecule has 0 bridgehead atoms. The maximum atomic E-state index is 12.5. The summed E-state index contributed by atoms with van der Waals surface area (Å²) in [6.45, 7) is 6.16. The molecule has 0 aliphatic carbocycles. The number of methoxy groups -OCH3 is 1. The van der Waals surface area contributed by atoms with Crippen molar-refractivity contribution in [2.75, 3.05) is 7.11 Å². The molecule has 0 aromatic heterocycles. The Morgan fingerprint density at radius 1 is 1.24 bits per heavy atom. The average molecular weight is 339 g/mol. The van der Waals surface area contributed by atoms with Crippen molar-refractivity contribution in [3.05, 3.63) is 59.2 Å². The smallest absolute Gasteiger partial charge is 0.224 e. The molecular formula is C21H25NO3. The second kappa shape index (κ2) is 6.79. The molecule has 4 heteroatoms. The Kier molecular flexibility index (Phi) is 4.71. The van der Waals surface area contributed by atoms with Crippen LogP contribution < -0.4 is 14.8 Å². The first-order valence-electron chi connectivity index (χ1n) is 8.58. The van der Waals surface area contributed by atoms with Crippen molar-refractivity contribution < 1.29 is 14.3 Å². The summed E-state index contributed by atoms with van der Waals surface area (Å²) in [4.78, 5) is 12.5. The van der Waals surface area contributed by atoms with Crippen LogP contribution in [0.4, 0.5) is 0 Å². The molecule has 1 aliphatic heterocycles. The number of hydrogen-bond donors (Lipinski definition) is 1. The summed E-state index contributed by atoms with van der Waals surface area (Å²) >= 11 is 0. The lowest BCUT2D eigenvalue weighted by atomic mass is 9.89. The molecule has 25 heavy (non-hydrogen) atoms. The van der Waals surface area contributed by atoms with Crippen LogP contribution in [0.5, 0.6) is 11.5 Å². The van der Waals surface area contributed by atoms with E-state index in [1.54, 1.807) is 7.11 Å². The topological polar surface area (TPSA) is 47.6 Å². The number of hydrogen-bond acceptors (Lipinski definition) is 3. The summed E-state index contributed by atoms with van der Waals surface area (Å²) in [7, 11) is 1.63. The highest BCUT2D eigenvalue weighted by atomic mass is 16.5. The molecule has 0 fully saturated rings. The van der Waals surface area contributed by atoms with E-state index < -0.39 is 0 Å². The van der Waals surface area contributed by atoms with Gasteiger partial charge in [0.25, 0.3) is 0 Å². The van der Waals surface area contributed by atoms with Gasteiger partial charge in [-0.2, -0.15) is 0 Å². The zero-order valence-corrected chi connectivity index (χ0v) is 15.3. The van der Waals surface area contributed by atoms with E-state index >= 15 is 0 Å². The molecule has 1 N–H and O–H groups in total. The summed E-state index contributed by atoms with van der Waals surface area (Å²) in [6, 6.07) is 13.7. The Bertz CT molecular complexity index is 765. The predicted octanol–water partition coefficient (Wildman–Crippen LogP) is 3.96. The third kappa shape index (κ3) is 4.13. The number of amides is 1. The minimum atomic E-state index is -0.307. The Hall–Kier alpha value is -2.49. The molecule has 1 aliphatic rings. The molecule has 2 aromatic carbocycles. The van der Waals surface area contributed by atoms with Crippen LogP contribution in [-0.4, -0.2) is 18.6 Å². The van der Waals surface area contributed by atoms with Crippen LogP contribution >= 0.6 is 0 Å². The summed E-state index contributed by atoms with van der Waals surface area (Å²) < 4.78 is 11.2. The van der Waals surface area contributed by atoms with E-state index in [-0.39, 0.29) is 17.6 Å². The van der Waals surface area contributed by atoms with Crippen LogP contribution in [0.3, 0.4) is 0 Å². The Morgan fingerprint density at radius 3 is 2.64 bits per heavy atom. The van der Waals surface area contributed by atoms with Gasteiger partial charge in [-0.15, -0.1) is 0 Å². The van der Waals surface area contributed by atoms with Crippen molar-refractivity contribution in [3.63, 3.8) is 0 Å². The Morgan fingerprint density at radius 2 is 1.96 bits per heavy atom. The van der Waals surface area contributed by atoms with Gasteiger partial charge in [0, 0.05) is 12.0 Å². The number of carbonyl (C=O) groups excluding carboxylic acids is 1. The highest BCUT2D eigenvalue weighted by Crippen LogP contribution is 2.39. The van der Waals surface area contributed by atoms with E-state index in [4.69, 9.17) is 9.47 Å². The number of rotatable bonds is 4. The average Bonchev–Trinajstić information content (AvgIpc) is 2.54. The second-order valence-corrected chi connectivity index (χ2v) is 7.25. The molecule has 0 radical (unpaired) electrons. The Labute approximate surface area is 149 Å². The normalized spacial score (nSPS) is 18.0. The van der Waals surface area contributed by atoms with Gasteiger partial charge in [0.2, 0.25) is 5.91 Å². The fraction of sp³-hybridized carbons (Fsp3) is 0.381. The largest absolute Gasteiger partial charge is 0.497 e. The van der Waals surface area contributed by atoms with Crippen molar-refractivity contribution in [2.45, 2.75) is 45.3 Å². The monoisotopic (exact) mass is 339 g/mol. The van der Waals surface area contributed by atoms with Crippen LogP contribution in [0, 0.1) is 6.92 Å². The minimum Gasteiger partial charge on any atom is -0.497 e. The molecule has 4 nitrogen and oxygen atoms in total. The van der Waals surface area contributed by atoms with E-state index in [1.807, 2.05) is 37.3 Å². The van der Waals surface area contributed by atoms with Crippen molar-refractivity contribution in [2.24, 2.45) is 0 Å². The van der Waals surface area contributed by atoms with Crippen molar-refractivity contribution in [1.82, 2.24) is 5.32 Å². The Balaban J connectivity index is 1.74. The quantitative estimate of drug-likeness (QED) is 0.917. The predicted molar refractivity (Wildman–Crippen MR) is 98.1 cm³/mol. The molecule has 0 saturated heterocycles. The highest BCUT2D eigenvalue weighted by Gasteiger charge is 2.34. The third-order valence-corrected chi connectivity index (χ3v) is 4.49.